The Morgan fingerprint density at radius 1 is 1.16 bits per heavy atom. The lowest BCUT2D eigenvalue weighted by molar-refractivity contribution is -0.131. The number of carbonyl (C=O) groups is 2. The first-order valence-corrected chi connectivity index (χ1v) is 12.8. The van der Waals surface area contributed by atoms with E-state index in [-0.39, 0.29) is 18.4 Å². The number of aryl methyl sites for hydroxylation is 1. The zero-order chi connectivity index (χ0) is 27.0. The molecule has 9 heteroatoms. The van der Waals surface area contributed by atoms with Gasteiger partial charge in [0, 0.05) is 35.5 Å². The Balaban J connectivity index is 1.62. The molecule has 0 saturated carbocycles. The number of fused-ring (bicyclic) bond motifs is 2. The molecule has 1 aliphatic rings. The highest BCUT2D eigenvalue weighted by Gasteiger charge is 2.29. The number of rotatable bonds is 6. The first-order valence-electron chi connectivity index (χ1n) is 12.4. The van der Waals surface area contributed by atoms with Crippen molar-refractivity contribution < 1.29 is 19.1 Å². The van der Waals surface area contributed by atoms with Gasteiger partial charge in [-0.3, -0.25) is 9.48 Å². The lowest BCUT2D eigenvalue weighted by atomic mass is 9.94. The van der Waals surface area contributed by atoms with Crippen molar-refractivity contribution in [2.45, 2.75) is 19.4 Å². The topological polar surface area (TPSA) is 78.7 Å². The molecule has 0 bridgehead atoms. The standard InChI is InChI=1S/C29H28ClFN4O3/c1-33-10-8-19(9-11-33)29(38)35(24-13-18(6-7-25(36)37)12-23(31)15-24)17-21-5-3-4-20-14-22-16-32-34(2)28(22)27(30)26(20)21/h3-7,12-16,19H,8-11,17H2,1-2H3,(H,36,37)/b7-6+. The van der Waals surface area contributed by atoms with E-state index in [4.69, 9.17) is 16.7 Å². The number of carbonyl (C=O) groups excluding carboxylic acids is 1. The maximum atomic E-state index is 14.8. The molecule has 0 radical (unpaired) electrons. The predicted octanol–water partition coefficient (Wildman–Crippen LogP) is 5.49. The summed E-state index contributed by atoms with van der Waals surface area (Å²) >= 11 is 6.93. The summed E-state index contributed by atoms with van der Waals surface area (Å²) in [4.78, 5) is 28.8. The van der Waals surface area contributed by atoms with E-state index >= 15 is 0 Å². The van der Waals surface area contributed by atoms with Crippen molar-refractivity contribution in [2.75, 3.05) is 25.0 Å². The fourth-order valence-corrected chi connectivity index (χ4v) is 5.68. The van der Waals surface area contributed by atoms with Crippen LogP contribution >= 0.6 is 11.6 Å². The fourth-order valence-electron chi connectivity index (χ4n) is 5.21. The Kier molecular flexibility index (Phi) is 7.19. The number of anilines is 1. The van der Waals surface area contributed by atoms with Crippen molar-refractivity contribution in [3.05, 3.63) is 76.7 Å². The predicted molar refractivity (Wildman–Crippen MR) is 148 cm³/mol. The van der Waals surface area contributed by atoms with Crippen LogP contribution in [0.5, 0.6) is 0 Å². The van der Waals surface area contributed by atoms with Crippen LogP contribution < -0.4 is 4.90 Å². The van der Waals surface area contributed by atoms with Gasteiger partial charge in [0.15, 0.2) is 0 Å². The minimum Gasteiger partial charge on any atom is -0.478 e. The third-order valence-electron chi connectivity index (χ3n) is 7.19. The molecule has 2 heterocycles. The van der Waals surface area contributed by atoms with Crippen LogP contribution in [0.1, 0.15) is 24.0 Å². The zero-order valence-corrected chi connectivity index (χ0v) is 22.0. The molecule has 1 saturated heterocycles. The maximum Gasteiger partial charge on any atom is 0.328 e. The third kappa shape index (κ3) is 5.14. The Morgan fingerprint density at radius 2 is 1.92 bits per heavy atom. The van der Waals surface area contributed by atoms with Gasteiger partial charge in [0.25, 0.3) is 0 Å². The average Bonchev–Trinajstić information content (AvgIpc) is 3.26. The molecule has 0 unspecified atom stereocenters. The second kappa shape index (κ2) is 10.6. The Labute approximate surface area is 224 Å². The van der Waals surface area contributed by atoms with Gasteiger partial charge in [0.2, 0.25) is 5.91 Å². The van der Waals surface area contributed by atoms with Crippen molar-refractivity contribution in [1.29, 1.82) is 0 Å². The van der Waals surface area contributed by atoms with Gasteiger partial charge in [-0.25, -0.2) is 9.18 Å². The summed E-state index contributed by atoms with van der Waals surface area (Å²) < 4.78 is 16.5. The number of nitrogens with zero attached hydrogens (tertiary/aromatic N) is 4. The van der Waals surface area contributed by atoms with E-state index in [1.165, 1.54) is 18.2 Å². The number of aliphatic carboxylic acids is 1. The number of aromatic nitrogens is 2. The van der Waals surface area contributed by atoms with E-state index in [1.807, 2.05) is 38.4 Å². The van der Waals surface area contributed by atoms with Crippen molar-refractivity contribution >= 4 is 56.9 Å². The summed E-state index contributed by atoms with van der Waals surface area (Å²) in [5, 5.41) is 16.6. The van der Waals surface area contributed by atoms with Crippen LogP contribution in [0, 0.1) is 11.7 Å². The molecule has 7 nitrogen and oxygen atoms in total. The van der Waals surface area contributed by atoms with E-state index in [9.17, 15) is 14.0 Å². The highest BCUT2D eigenvalue weighted by atomic mass is 35.5. The summed E-state index contributed by atoms with van der Waals surface area (Å²) in [6, 6.07) is 12.0. The van der Waals surface area contributed by atoms with Gasteiger partial charge < -0.3 is 14.9 Å². The number of hydrogen-bond acceptors (Lipinski definition) is 4. The molecule has 3 aromatic carbocycles. The van der Waals surface area contributed by atoms with Crippen LogP contribution in [0.15, 0.2) is 54.7 Å². The number of carboxylic acids is 1. The highest BCUT2D eigenvalue weighted by molar-refractivity contribution is 6.40. The third-order valence-corrected chi connectivity index (χ3v) is 7.55. The van der Waals surface area contributed by atoms with Gasteiger partial charge in [-0.05, 0) is 79.8 Å². The SMILES string of the molecule is CN1CCC(C(=O)N(Cc2cccc3cc4cnn(C)c4c(Cl)c23)c2cc(F)cc(/C=C/C(=O)O)c2)CC1. The second-order valence-electron chi connectivity index (χ2n) is 9.83. The van der Waals surface area contributed by atoms with E-state index < -0.39 is 11.8 Å². The van der Waals surface area contributed by atoms with E-state index in [1.54, 1.807) is 21.8 Å². The molecule has 38 heavy (non-hydrogen) atoms. The Bertz CT molecular complexity index is 1570. The summed E-state index contributed by atoms with van der Waals surface area (Å²) in [5.74, 6) is -1.99. The molecule has 1 N–H and O–H groups in total. The molecule has 0 spiro atoms. The summed E-state index contributed by atoms with van der Waals surface area (Å²) in [5.41, 5.74) is 2.35. The monoisotopic (exact) mass is 534 g/mol. The van der Waals surface area contributed by atoms with Crippen molar-refractivity contribution in [2.24, 2.45) is 13.0 Å². The fraction of sp³-hybridized carbons (Fsp3) is 0.276. The van der Waals surface area contributed by atoms with Crippen LogP contribution in [0.3, 0.4) is 0 Å². The number of amides is 1. The lowest BCUT2D eigenvalue weighted by Gasteiger charge is -2.33. The number of piperidine rings is 1. The zero-order valence-electron chi connectivity index (χ0n) is 21.2. The van der Waals surface area contributed by atoms with Gasteiger partial charge in [-0.2, -0.15) is 5.10 Å². The molecule has 1 aliphatic heterocycles. The minimum atomic E-state index is -1.14. The number of halogens is 2. The van der Waals surface area contributed by atoms with Gasteiger partial charge in [0.05, 0.1) is 23.3 Å². The van der Waals surface area contributed by atoms with Crippen molar-refractivity contribution in [1.82, 2.24) is 14.7 Å². The van der Waals surface area contributed by atoms with E-state index in [2.05, 4.69) is 10.00 Å². The van der Waals surface area contributed by atoms with Gasteiger partial charge >= 0.3 is 5.97 Å². The first-order chi connectivity index (χ1) is 18.2. The van der Waals surface area contributed by atoms with Crippen molar-refractivity contribution in [3.8, 4) is 0 Å². The molecule has 5 rings (SSSR count). The van der Waals surface area contributed by atoms with Crippen LogP contribution in [0.4, 0.5) is 10.1 Å². The highest BCUT2D eigenvalue weighted by Crippen LogP contribution is 2.36. The maximum absolute atomic E-state index is 14.8. The molecular weight excluding hydrogens is 507 g/mol. The smallest absolute Gasteiger partial charge is 0.328 e. The number of carboxylic acid groups (broad SMARTS) is 1. The molecule has 1 fully saturated rings. The summed E-state index contributed by atoms with van der Waals surface area (Å²) in [7, 11) is 3.86. The van der Waals surface area contributed by atoms with Crippen LogP contribution in [0.2, 0.25) is 5.02 Å². The van der Waals surface area contributed by atoms with E-state index in [0.717, 1.165) is 46.4 Å². The Hall–Kier alpha value is -3.75. The lowest BCUT2D eigenvalue weighted by Crippen LogP contribution is -2.41. The molecule has 0 aliphatic carbocycles. The van der Waals surface area contributed by atoms with E-state index in [0.29, 0.717) is 29.1 Å². The quantitative estimate of drug-likeness (QED) is 0.331. The first kappa shape index (κ1) is 25.9. The van der Waals surface area contributed by atoms with Gasteiger partial charge in [-0.1, -0.05) is 29.8 Å². The Morgan fingerprint density at radius 3 is 2.66 bits per heavy atom. The average molecular weight is 535 g/mol. The van der Waals surface area contributed by atoms with Gasteiger partial charge in [-0.15, -0.1) is 0 Å². The molecule has 0 atom stereocenters. The molecular formula is C29H28ClFN4O3. The van der Waals surface area contributed by atoms with Crippen LogP contribution in [-0.2, 0) is 23.2 Å². The summed E-state index contributed by atoms with van der Waals surface area (Å²) in [6.45, 7) is 1.79. The molecule has 1 aromatic heterocycles. The van der Waals surface area contributed by atoms with Crippen LogP contribution in [-0.4, -0.2) is 51.8 Å². The second-order valence-corrected chi connectivity index (χ2v) is 10.2. The molecule has 1 amide bonds. The van der Waals surface area contributed by atoms with Crippen molar-refractivity contribution in [3.63, 3.8) is 0 Å². The molecule has 196 valence electrons. The molecule has 4 aromatic rings. The minimum absolute atomic E-state index is 0.0911. The normalized spacial score (nSPS) is 15.1. The number of likely N-dealkylation sites (tertiary alicyclic amines) is 1. The van der Waals surface area contributed by atoms with Crippen LogP contribution in [0.25, 0.3) is 27.8 Å². The largest absolute Gasteiger partial charge is 0.478 e. The number of hydrogen-bond donors (Lipinski definition) is 1. The number of benzene rings is 3. The van der Waals surface area contributed by atoms with Gasteiger partial charge in [0.1, 0.15) is 5.82 Å². The summed E-state index contributed by atoms with van der Waals surface area (Å²) in [6.07, 6.45) is 5.45.